The summed E-state index contributed by atoms with van der Waals surface area (Å²) in [4.78, 5) is 27.9. The van der Waals surface area contributed by atoms with E-state index in [2.05, 4.69) is 4.90 Å². The van der Waals surface area contributed by atoms with Gasteiger partial charge in [0.05, 0.1) is 32.3 Å². The fraction of sp³-hybridized carbons (Fsp3) is 0.857. The lowest BCUT2D eigenvalue weighted by atomic mass is 9.98. The molecule has 0 radical (unpaired) electrons. The van der Waals surface area contributed by atoms with Gasteiger partial charge in [0, 0.05) is 19.6 Å². The third kappa shape index (κ3) is 4.18. The SMILES string of the molecule is CCOC(=O)[C@@H]1CCCN(CC(=O)N2CCOCC2)C1. The van der Waals surface area contributed by atoms with Crippen molar-refractivity contribution >= 4 is 11.9 Å². The van der Waals surface area contributed by atoms with Gasteiger partial charge in [-0.05, 0) is 26.3 Å². The van der Waals surface area contributed by atoms with Crippen LogP contribution in [0, 0.1) is 5.92 Å². The summed E-state index contributed by atoms with van der Waals surface area (Å²) < 4.78 is 10.3. The molecular formula is C14H24N2O4. The molecule has 2 saturated heterocycles. The molecule has 1 amide bonds. The van der Waals surface area contributed by atoms with Gasteiger partial charge in [0.1, 0.15) is 0 Å². The molecule has 2 aliphatic heterocycles. The summed E-state index contributed by atoms with van der Waals surface area (Å²) in [7, 11) is 0. The number of nitrogens with zero attached hydrogens (tertiary/aromatic N) is 2. The lowest BCUT2D eigenvalue weighted by Crippen LogP contribution is -2.48. The van der Waals surface area contributed by atoms with Gasteiger partial charge in [-0.3, -0.25) is 14.5 Å². The van der Waals surface area contributed by atoms with E-state index >= 15 is 0 Å². The Morgan fingerprint density at radius 3 is 2.70 bits per heavy atom. The van der Waals surface area contributed by atoms with Crippen LogP contribution in [-0.2, 0) is 19.1 Å². The van der Waals surface area contributed by atoms with Gasteiger partial charge in [-0.2, -0.15) is 0 Å². The summed E-state index contributed by atoms with van der Waals surface area (Å²) in [5.74, 6) is -0.0741. The number of rotatable bonds is 4. The highest BCUT2D eigenvalue weighted by Gasteiger charge is 2.29. The van der Waals surface area contributed by atoms with Gasteiger partial charge < -0.3 is 14.4 Å². The Bertz CT molecular complexity index is 342. The molecule has 1 atom stereocenters. The van der Waals surface area contributed by atoms with Gasteiger partial charge in [0.25, 0.3) is 0 Å². The first-order valence-electron chi connectivity index (χ1n) is 7.45. The summed E-state index contributed by atoms with van der Waals surface area (Å²) in [6, 6.07) is 0. The number of piperidine rings is 1. The number of likely N-dealkylation sites (tertiary alicyclic amines) is 1. The van der Waals surface area contributed by atoms with E-state index in [1.807, 2.05) is 11.8 Å². The van der Waals surface area contributed by atoms with Crippen LogP contribution in [-0.4, -0.2) is 74.2 Å². The average molecular weight is 284 g/mol. The van der Waals surface area contributed by atoms with Crippen molar-refractivity contribution in [3.8, 4) is 0 Å². The fourth-order valence-electron chi connectivity index (χ4n) is 2.76. The third-order valence-electron chi connectivity index (χ3n) is 3.85. The van der Waals surface area contributed by atoms with Crippen LogP contribution in [0.3, 0.4) is 0 Å². The monoisotopic (exact) mass is 284 g/mol. The number of amides is 1. The number of hydrogen-bond donors (Lipinski definition) is 0. The summed E-state index contributed by atoms with van der Waals surface area (Å²) in [6.45, 7) is 6.75. The molecular weight excluding hydrogens is 260 g/mol. The first-order chi connectivity index (χ1) is 9.70. The standard InChI is InChI=1S/C14H24N2O4/c1-2-20-14(18)12-4-3-5-15(10-12)11-13(17)16-6-8-19-9-7-16/h12H,2-11H2,1H3/t12-/m1/s1. The van der Waals surface area contributed by atoms with Crippen molar-refractivity contribution < 1.29 is 19.1 Å². The Morgan fingerprint density at radius 2 is 2.00 bits per heavy atom. The summed E-state index contributed by atoms with van der Waals surface area (Å²) in [6.07, 6.45) is 1.81. The average Bonchev–Trinajstić information content (AvgIpc) is 2.48. The molecule has 0 aromatic carbocycles. The highest BCUT2D eigenvalue weighted by Crippen LogP contribution is 2.18. The Balaban J connectivity index is 1.79. The Labute approximate surface area is 120 Å². The quantitative estimate of drug-likeness (QED) is 0.686. The third-order valence-corrected chi connectivity index (χ3v) is 3.85. The predicted molar refractivity (Wildman–Crippen MR) is 73.2 cm³/mol. The first-order valence-corrected chi connectivity index (χ1v) is 7.45. The number of hydrogen-bond acceptors (Lipinski definition) is 5. The lowest BCUT2D eigenvalue weighted by Gasteiger charge is -2.33. The van der Waals surface area contributed by atoms with Crippen LogP contribution >= 0.6 is 0 Å². The number of morpholine rings is 1. The van der Waals surface area contributed by atoms with Crippen LogP contribution < -0.4 is 0 Å². The maximum absolute atomic E-state index is 12.2. The minimum atomic E-state index is -0.129. The number of carbonyl (C=O) groups excluding carboxylic acids is 2. The zero-order valence-corrected chi connectivity index (χ0v) is 12.2. The molecule has 0 bridgehead atoms. The molecule has 2 rings (SSSR count). The zero-order valence-electron chi connectivity index (χ0n) is 12.2. The zero-order chi connectivity index (χ0) is 14.4. The van der Waals surface area contributed by atoms with Crippen molar-refractivity contribution in [1.82, 2.24) is 9.80 Å². The molecule has 2 aliphatic rings. The van der Waals surface area contributed by atoms with Crippen LogP contribution in [0.1, 0.15) is 19.8 Å². The normalized spacial score (nSPS) is 24.4. The van der Waals surface area contributed by atoms with E-state index < -0.39 is 0 Å². The van der Waals surface area contributed by atoms with E-state index in [-0.39, 0.29) is 17.8 Å². The molecule has 2 heterocycles. The van der Waals surface area contributed by atoms with Gasteiger partial charge in [0.15, 0.2) is 0 Å². The van der Waals surface area contributed by atoms with Crippen LogP contribution in [0.4, 0.5) is 0 Å². The minimum Gasteiger partial charge on any atom is -0.466 e. The van der Waals surface area contributed by atoms with Crippen molar-refractivity contribution in [2.45, 2.75) is 19.8 Å². The molecule has 0 aromatic heterocycles. The summed E-state index contributed by atoms with van der Waals surface area (Å²) in [5, 5.41) is 0. The van der Waals surface area contributed by atoms with Gasteiger partial charge in [-0.1, -0.05) is 0 Å². The van der Waals surface area contributed by atoms with Crippen LogP contribution in [0.2, 0.25) is 0 Å². The molecule has 0 aromatic rings. The molecule has 0 aliphatic carbocycles. The predicted octanol–water partition coefficient (Wildman–Crippen LogP) is 0.120. The first kappa shape index (κ1) is 15.3. The summed E-state index contributed by atoms with van der Waals surface area (Å²) in [5.41, 5.74) is 0. The molecule has 0 unspecified atom stereocenters. The highest BCUT2D eigenvalue weighted by molar-refractivity contribution is 5.78. The second kappa shape index (κ2) is 7.59. The number of esters is 1. The Hall–Kier alpha value is -1.14. The topological polar surface area (TPSA) is 59.1 Å². The fourth-order valence-corrected chi connectivity index (χ4v) is 2.76. The Morgan fingerprint density at radius 1 is 1.25 bits per heavy atom. The largest absolute Gasteiger partial charge is 0.466 e. The number of carbonyl (C=O) groups is 2. The van der Waals surface area contributed by atoms with E-state index in [1.165, 1.54) is 0 Å². The Kier molecular flexibility index (Phi) is 5.79. The maximum Gasteiger partial charge on any atom is 0.310 e. The second-order valence-electron chi connectivity index (χ2n) is 5.32. The minimum absolute atomic E-state index is 0.0822. The van der Waals surface area contributed by atoms with Crippen molar-refractivity contribution in [2.24, 2.45) is 5.92 Å². The van der Waals surface area contributed by atoms with E-state index in [4.69, 9.17) is 9.47 Å². The maximum atomic E-state index is 12.2. The van der Waals surface area contributed by atoms with E-state index in [0.29, 0.717) is 46.0 Å². The van der Waals surface area contributed by atoms with Gasteiger partial charge in [-0.25, -0.2) is 0 Å². The molecule has 0 spiro atoms. The molecule has 20 heavy (non-hydrogen) atoms. The summed E-state index contributed by atoms with van der Waals surface area (Å²) >= 11 is 0. The molecule has 6 heteroatoms. The lowest BCUT2D eigenvalue weighted by molar-refractivity contribution is -0.151. The molecule has 114 valence electrons. The highest BCUT2D eigenvalue weighted by atomic mass is 16.5. The van der Waals surface area contributed by atoms with Crippen LogP contribution in [0.5, 0.6) is 0 Å². The molecule has 6 nitrogen and oxygen atoms in total. The van der Waals surface area contributed by atoms with Gasteiger partial charge in [0.2, 0.25) is 5.91 Å². The van der Waals surface area contributed by atoms with Gasteiger partial charge in [-0.15, -0.1) is 0 Å². The van der Waals surface area contributed by atoms with Crippen molar-refractivity contribution in [3.05, 3.63) is 0 Å². The van der Waals surface area contributed by atoms with Crippen molar-refractivity contribution in [2.75, 3.05) is 52.5 Å². The number of ether oxygens (including phenoxy) is 2. The molecule has 0 saturated carbocycles. The van der Waals surface area contributed by atoms with Crippen LogP contribution in [0.15, 0.2) is 0 Å². The smallest absolute Gasteiger partial charge is 0.310 e. The van der Waals surface area contributed by atoms with Crippen molar-refractivity contribution in [3.63, 3.8) is 0 Å². The van der Waals surface area contributed by atoms with Crippen LogP contribution in [0.25, 0.3) is 0 Å². The molecule has 2 fully saturated rings. The van der Waals surface area contributed by atoms with E-state index in [1.54, 1.807) is 0 Å². The second-order valence-corrected chi connectivity index (χ2v) is 5.32. The van der Waals surface area contributed by atoms with Crippen molar-refractivity contribution in [1.29, 1.82) is 0 Å². The van der Waals surface area contributed by atoms with E-state index in [9.17, 15) is 9.59 Å². The molecule has 0 N–H and O–H groups in total. The van der Waals surface area contributed by atoms with Gasteiger partial charge >= 0.3 is 5.97 Å². The van der Waals surface area contributed by atoms with E-state index in [0.717, 1.165) is 19.4 Å².